The quantitative estimate of drug-likeness (QED) is 0.670. The molecule has 0 spiro atoms. The molecule has 0 saturated heterocycles. The van der Waals surface area contributed by atoms with Gasteiger partial charge in [0.05, 0.1) is 11.7 Å². The molecular formula is C14H27NO3. The zero-order valence-corrected chi connectivity index (χ0v) is 12.6. The molecule has 4 nitrogen and oxygen atoms in total. The molecule has 1 aliphatic heterocycles. The summed E-state index contributed by atoms with van der Waals surface area (Å²) in [4.78, 5) is 4.22. The van der Waals surface area contributed by atoms with Crippen LogP contribution in [0.4, 0.5) is 0 Å². The van der Waals surface area contributed by atoms with Crippen molar-refractivity contribution < 1.29 is 14.2 Å². The first-order chi connectivity index (χ1) is 8.37. The van der Waals surface area contributed by atoms with Gasteiger partial charge < -0.3 is 14.2 Å². The van der Waals surface area contributed by atoms with Crippen LogP contribution in [-0.4, -0.2) is 36.5 Å². The Morgan fingerprint density at radius 2 is 1.94 bits per heavy atom. The third-order valence-electron chi connectivity index (χ3n) is 3.29. The van der Waals surface area contributed by atoms with Crippen LogP contribution < -0.4 is 0 Å². The largest absolute Gasteiger partial charge is 0.475 e. The minimum absolute atomic E-state index is 0.0986. The molecule has 1 rings (SSSR count). The number of nitrogens with zero attached hydrogens (tertiary/aromatic N) is 1. The Morgan fingerprint density at radius 3 is 2.44 bits per heavy atom. The summed E-state index contributed by atoms with van der Waals surface area (Å²) in [5.41, 5.74) is -0.605. The molecule has 2 unspecified atom stereocenters. The molecular weight excluding hydrogens is 230 g/mol. The van der Waals surface area contributed by atoms with Gasteiger partial charge in [-0.25, -0.2) is 4.99 Å². The maximum Gasteiger partial charge on any atom is 0.243 e. The highest BCUT2D eigenvalue weighted by molar-refractivity contribution is 5.96. The van der Waals surface area contributed by atoms with Crippen LogP contribution in [0.2, 0.25) is 0 Å². The molecule has 0 saturated carbocycles. The summed E-state index contributed by atoms with van der Waals surface area (Å²) >= 11 is 0. The molecule has 18 heavy (non-hydrogen) atoms. The van der Waals surface area contributed by atoms with Crippen molar-refractivity contribution in [3.63, 3.8) is 0 Å². The van der Waals surface area contributed by atoms with Gasteiger partial charge in [-0.1, -0.05) is 13.8 Å². The summed E-state index contributed by atoms with van der Waals surface area (Å²) < 4.78 is 17.2. The lowest BCUT2D eigenvalue weighted by molar-refractivity contribution is -0.0912. The zero-order valence-electron chi connectivity index (χ0n) is 12.6. The fraction of sp³-hybridized carbons (Fsp3) is 0.929. The van der Waals surface area contributed by atoms with Gasteiger partial charge in [0.25, 0.3) is 0 Å². The van der Waals surface area contributed by atoms with E-state index in [0.717, 1.165) is 12.8 Å². The van der Waals surface area contributed by atoms with E-state index < -0.39 is 5.72 Å². The van der Waals surface area contributed by atoms with Gasteiger partial charge in [-0.15, -0.1) is 0 Å². The van der Waals surface area contributed by atoms with Crippen molar-refractivity contribution in [2.45, 2.75) is 71.8 Å². The van der Waals surface area contributed by atoms with Gasteiger partial charge in [0.1, 0.15) is 6.61 Å². The van der Waals surface area contributed by atoms with Gasteiger partial charge >= 0.3 is 0 Å². The van der Waals surface area contributed by atoms with Gasteiger partial charge in [-0.3, -0.25) is 0 Å². The predicted molar refractivity (Wildman–Crippen MR) is 73.0 cm³/mol. The first-order valence-corrected chi connectivity index (χ1v) is 6.91. The molecule has 0 radical (unpaired) electrons. The van der Waals surface area contributed by atoms with E-state index in [2.05, 4.69) is 32.7 Å². The van der Waals surface area contributed by atoms with E-state index in [-0.39, 0.29) is 11.7 Å². The van der Waals surface area contributed by atoms with E-state index in [9.17, 15) is 0 Å². The first kappa shape index (κ1) is 15.4. The first-order valence-electron chi connectivity index (χ1n) is 6.91. The van der Waals surface area contributed by atoms with Gasteiger partial charge in [0.15, 0.2) is 0 Å². The molecule has 0 aromatic heterocycles. The van der Waals surface area contributed by atoms with Gasteiger partial charge in [0.2, 0.25) is 11.6 Å². The molecule has 1 heterocycles. The fourth-order valence-electron chi connectivity index (χ4n) is 1.65. The molecule has 1 aliphatic rings. The van der Waals surface area contributed by atoms with Crippen LogP contribution in [0.3, 0.4) is 0 Å². The third kappa shape index (κ3) is 4.25. The topological polar surface area (TPSA) is 40.0 Å². The number of ether oxygens (including phenoxy) is 3. The molecule has 0 aromatic rings. The number of aliphatic imine (C=N–C) groups is 1. The zero-order chi connectivity index (χ0) is 13.8. The molecule has 0 aliphatic carbocycles. The predicted octanol–water partition coefficient (Wildman–Crippen LogP) is 3.15. The molecule has 4 heteroatoms. The lowest BCUT2D eigenvalue weighted by Gasteiger charge is -2.29. The lowest BCUT2D eigenvalue weighted by Crippen LogP contribution is -2.33. The van der Waals surface area contributed by atoms with E-state index in [1.165, 1.54) is 0 Å². The summed E-state index contributed by atoms with van der Waals surface area (Å²) in [5.74, 6) is 0.695. The molecule has 0 fully saturated rings. The van der Waals surface area contributed by atoms with Crippen LogP contribution in [0.25, 0.3) is 0 Å². The number of hydrogen-bond acceptors (Lipinski definition) is 4. The Labute approximate surface area is 111 Å². The summed E-state index contributed by atoms with van der Waals surface area (Å²) in [5, 5.41) is 0. The fourth-order valence-corrected chi connectivity index (χ4v) is 1.65. The Bertz CT molecular complexity index is 301. The van der Waals surface area contributed by atoms with E-state index >= 15 is 0 Å². The Hall–Kier alpha value is -0.610. The maximum atomic E-state index is 6.02. The van der Waals surface area contributed by atoms with Crippen molar-refractivity contribution in [2.24, 2.45) is 4.99 Å². The molecule has 106 valence electrons. The van der Waals surface area contributed by atoms with E-state index in [1.54, 1.807) is 0 Å². The second-order valence-electron chi connectivity index (χ2n) is 5.41. The van der Waals surface area contributed by atoms with Crippen molar-refractivity contribution in [3.8, 4) is 0 Å². The van der Waals surface area contributed by atoms with Gasteiger partial charge in [-0.05, 0) is 40.5 Å². The van der Waals surface area contributed by atoms with Crippen molar-refractivity contribution in [1.82, 2.24) is 0 Å². The van der Waals surface area contributed by atoms with E-state index in [1.807, 2.05) is 13.8 Å². The van der Waals surface area contributed by atoms with Crippen molar-refractivity contribution in [2.75, 3.05) is 13.2 Å². The molecule has 0 bridgehead atoms. The molecule has 0 aromatic carbocycles. The Morgan fingerprint density at radius 1 is 1.28 bits per heavy atom. The van der Waals surface area contributed by atoms with Crippen LogP contribution in [0.15, 0.2) is 4.99 Å². The minimum atomic E-state index is -0.507. The van der Waals surface area contributed by atoms with E-state index in [0.29, 0.717) is 19.1 Å². The summed E-state index contributed by atoms with van der Waals surface area (Å²) in [6.45, 7) is 13.5. The highest BCUT2D eigenvalue weighted by Gasteiger charge is 2.46. The smallest absolute Gasteiger partial charge is 0.243 e. The van der Waals surface area contributed by atoms with Crippen LogP contribution in [0.5, 0.6) is 0 Å². The Balaban J connectivity index is 2.32. The number of rotatable bonds is 8. The second-order valence-corrected chi connectivity index (χ2v) is 5.41. The summed E-state index contributed by atoms with van der Waals surface area (Å²) in [7, 11) is 0. The summed E-state index contributed by atoms with van der Waals surface area (Å²) in [6, 6.07) is 0. The average Bonchev–Trinajstić information content (AvgIpc) is 2.95. The maximum absolute atomic E-state index is 6.02. The average molecular weight is 257 g/mol. The van der Waals surface area contributed by atoms with Crippen LogP contribution in [0, 0.1) is 0 Å². The minimum Gasteiger partial charge on any atom is -0.475 e. The molecule has 0 amide bonds. The van der Waals surface area contributed by atoms with Gasteiger partial charge in [-0.2, -0.15) is 0 Å². The van der Waals surface area contributed by atoms with Crippen molar-refractivity contribution >= 4 is 5.90 Å². The molecule has 0 N–H and O–H groups in total. The normalized spacial score (nSPS) is 24.7. The van der Waals surface area contributed by atoms with Crippen LogP contribution >= 0.6 is 0 Å². The lowest BCUT2D eigenvalue weighted by atomic mass is 10.1. The standard InChI is InChI=1S/C14H27NO3/c1-7-11(18-13(4,5)8-2)10-16-12-14(6,15-12)17-9-3/h11H,7-10H2,1-6H3. The third-order valence-corrected chi connectivity index (χ3v) is 3.29. The van der Waals surface area contributed by atoms with Crippen LogP contribution in [0.1, 0.15) is 54.4 Å². The van der Waals surface area contributed by atoms with Crippen molar-refractivity contribution in [1.29, 1.82) is 0 Å². The Kier molecular flexibility index (Phi) is 5.17. The van der Waals surface area contributed by atoms with Crippen LogP contribution in [-0.2, 0) is 14.2 Å². The SMILES string of the molecule is CCOC1(C)N=C1OCC(CC)OC(C)(C)CC. The highest BCUT2D eigenvalue weighted by Crippen LogP contribution is 2.30. The van der Waals surface area contributed by atoms with Crippen molar-refractivity contribution in [3.05, 3.63) is 0 Å². The summed E-state index contributed by atoms with van der Waals surface area (Å²) in [6.07, 6.45) is 2.03. The monoisotopic (exact) mass is 257 g/mol. The van der Waals surface area contributed by atoms with Gasteiger partial charge in [0, 0.05) is 6.61 Å². The highest BCUT2D eigenvalue weighted by atomic mass is 16.6. The number of hydrogen-bond donors (Lipinski definition) is 0. The van der Waals surface area contributed by atoms with E-state index in [4.69, 9.17) is 14.2 Å². The second kappa shape index (κ2) is 6.02. The molecule has 2 atom stereocenters.